The van der Waals surface area contributed by atoms with Crippen LogP contribution in [0, 0.1) is 144 Å². The molecule has 773 valence electrons. The van der Waals surface area contributed by atoms with Gasteiger partial charge in [0.1, 0.15) is 11.5 Å². The Labute approximate surface area is 1010 Å². The van der Waals surface area contributed by atoms with Crippen LogP contribution in [0.3, 0.4) is 0 Å². The van der Waals surface area contributed by atoms with Crippen LogP contribution in [0.4, 0.5) is 26.3 Å². The van der Waals surface area contributed by atoms with E-state index in [1.54, 1.807) is 54.7 Å². The van der Waals surface area contributed by atoms with E-state index in [4.69, 9.17) is 20.4 Å². The van der Waals surface area contributed by atoms with E-state index in [9.17, 15) is 55.4 Å². The van der Waals surface area contributed by atoms with Crippen LogP contribution >= 0.6 is 11.3 Å². The van der Waals surface area contributed by atoms with E-state index in [1.165, 1.54) is 133 Å². The van der Waals surface area contributed by atoms with Gasteiger partial charge in [0.05, 0.1) is 55.3 Å². The number of thiophene rings is 1. The average Bonchev–Trinajstić information content (AvgIpc) is 1.01. The molecule has 0 spiro atoms. The Hall–Kier alpha value is -12.2. The number of ketones is 5. The number of hydrogen-bond donors (Lipinski definition) is 5. The van der Waals surface area contributed by atoms with Gasteiger partial charge >= 0.3 is 12.4 Å². The second-order valence-corrected chi connectivity index (χ2v) is 32.1. The Kier molecular flexibility index (Phi) is 56.3. The van der Waals surface area contributed by atoms with Gasteiger partial charge < -0.3 is 40.5 Å². The Morgan fingerprint density at radius 3 is 0.993 bits per heavy atom. The largest absolute Gasteiger partial charge is 0.512 e. The van der Waals surface area contributed by atoms with Gasteiger partial charge in [-0.1, -0.05) is 229 Å². The number of benzene rings is 11. The van der Waals surface area contributed by atoms with E-state index in [-0.39, 0.29) is 244 Å². The van der Waals surface area contributed by atoms with Gasteiger partial charge in [0.15, 0.2) is 17.3 Å². The molecule has 0 aliphatic heterocycles. The van der Waals surface area contributed by atoms with Gasteiger partial charge in [-0.3, -0.25) is 53.9 Å². The maximum atomic E-state index is 11.8. The fourth-order valence-electron chi connectivity index (χ4n) is 13.9. The first-order valence-electron chi connectivity index (χ1n) is 44.3. The Morgan fingerprint density at radius 1 is 0.300 bits per heavy atom. The van der Waals surface area contributed by atoms with Gasteiger partial charge in [0, 0.05) is 311 Å². The summed E-state index contributed by atoms with van der Waals surface area (Å²) >= 11 is 1.05. The molecule has 0 unspecified atom stereocenters. The van der Waals surface area contributed by atoms with Crippen molar-refractivity contribution in [2.24, 2.45) is 0 Å². The molecule has 0 saturated carbocycles. The third kappa shape index (κ3) is 40.5. The SMILES string of the molecule is CC(=O)C=C(C)O.CC(=O)C=C(C)O.CC(=O)C=C(C)O.O=C(C=C(O)c1ccccc1)C(F)(F)F.O=C(C=C(O)c1cccs1)C(F)(F)F.[Dy].[Eu].[Ir].[Ir].[Ir].[Tb].[c-]1cc2ccccc2cc1-c1nccc2ccccc12.[c-]1ccc2ccccc2c1-c1ccccn1.[c-]1ccccc1-c1nccc2ccccc12.c1cnc2c(c1)ccc1cccnc12.c1cnc2c(c1)ccc1cccnc12.c1cnc2c(c1)ccc1cccnc12. The van der Waals surface area contributed by atoms with Crippen LogP contribution in [0.25, 0.3) is 154 Å². The van der Waals surface area contributed by atoms with Gasteiger partial charge in [0.2, 0.25) is 0 Å². The molecule has 150 heavy (non-hydrogen) atoms. The Bertz CT molecular complexity index is 7550. The van der Waals surface area contributed by atoms with Crippen molar-refractivity contribution in [3.05, 3.63) is 465 Å². The molecule has 11 aromatic carbocycles. The number of nitrogens with zero attached hydrogens (tertiary/aromatic N) is 9. The van der Waals surface area contributed by atoms with Gasteiger partial charge in [0.25, 0.3) is 11.6 Å². The zero-order valence-electron chi connectivity index (χ0n) is 80.3. The first kappa shape index (κ1) is 128. The summed E-state index contributed by atoms with van der Waals surface area (Å²) in [6, 6.07) is 116. The topological polar surface area (TPSA) is 303 Å². The van der Waals surface area contributed by atoms with E-state index in [2.05, 4.69) is 215 Å². The molecule has 0 aliphatic carbocycles. The van der Waals surface area contributed by atoms with Gasteiger partial charge in [-0.2, -0.15) is 26.3 Å². The van der Waals surface area contributed by atoms with Crippen molar-refractivity contribution in [2.45, 2.75) is 53.9 Å². The number of carbonyl (C=O) groups is 5. The monoisotopic (exact) mass is 3000 g/mol. The van der Waals surface area contributed by atoms with Gasteiger partial charge in [-0.05, 0) is 146 Å². The van der Waals surface area contributed by atoms with Crippen molar-refractivity contribution in [3.8, 4) is 33.8 Å². The van der Waals surface area contributed by atoms with Crippen LogP contribution in [0.2, 0.25) is 0 Å². The fraction of sp³-hybridized carbons (Fsp3) is 0.0678. The maximum absolute atomic E-state index is 11.8. The van der Waals surface area contributed by atoms with E-state index in [1.807, 2.05) is 152 Å². The second-order valence-electron chi connectivity index (χ2n) is 31.1. The molecule has 0 bridgehead atoms. The van der Waals surface area contributed by atoms with E-state index in [0.717, 1.165) is 111 Å². The van der Waals surface area contributed by atoms with E-state index < -0.39 is 35.4 Å². The number of alkyl halides is 6. The normalized spacial score (nSPS) is 10.8. The average molecular weight is 2990 g/mol. The maximum Gasteiger partial charge on any atom is 0.454 e. The molecule has 0 atom stereocenters. The summed E-state index contributed by atoms with van der Waals surface area (Å²) in [5.74, 6) is -5.69. The molecule has 21 rings (SSSR count). The number of fused-ring (bicyclic) bond motifs is 13. The van der Waals surface area contributed by atoms with Crippen LogP contribution in [-0.2, 0) is 84.3 Å². The fourth-order valence-corrected chi connectivity index (χ4v) is 14.5. The summed E-state index contributed by atoms with van der Waals surface area (Å²) in [5, 5.41) is 61.4. The molecule has 5 radical (unpaired) electrons. The molecular weight excluding hydrogens is 2900 g/mol. The summed E-state index contributed by atoms with van der Waals surface area (Å²) in [5.41, 5.74) is 12.1. The van der Waals surface area contributed by atoms with Gasteiger partial charge in [-0.25, -0.2) is 0 Å². The van der Waals surface area contributed by atoms with Crippen molar-refractivity contribution in [1.82, 2.24) is 44.9 Å². The minimum absolute atomic E-state index is 0. The third-order valence-corrected chi connectivity index (χ3v) is 21.0. The molecule has 0 amide bonds. The summed E-state index contributed by atoms with van der Waals surface area (Å²) in [6.07, 6.45) is 10.3. The number of hydrogen-bond acceptors (Lipinski definition) is 20. The molecule has 19 nitrogen and oxygen atoms in total. The van der Waals surface area contributed by atoms with Crippen molar-refractivity contribution >= 4 is 160 Å². The van der Waals surface area contributed by atoms with Crippen LogP contribution < -0.4 is 0 Å². The Morgan fingerprint density at radius 2 is 0.640 bits per heavy atom. The number of aliphatic hydroxyl groups excluding tert-OH is 5. The summed E-state index contributed by atoms with van der Waals surface area (Å²) < 4.78 is 70.7. The number of allylic oxidation sites excluding steroid dienone is 8. The van der Waals surface area contributed by atoms with E-state index in [0.29, 0.717) is 0 Å². The molecule has 32 heteroatoms. The van der Waals surface area contributed by atoms with Crippen molar-refractivity contribution < 1.29 is 262 Å². The summed E-state index contributed by atoms with van der Waals surface area (Å²) in [7, 11) is 0. The molecular formula is C118H92DyEuF6Ir3N9O10STb-3. The van der Waals surface area contributed by atoms with Crippen LogP contribution in [0.1, 0.15) is 52.0 Å². The van der Waals surface area contributed by atoms with Crippen LogP contribution in [0.5, 0.6) is 0 Å². The first-order valence-corrected chi connectivity index (χ1v) is 45.1. The van der Waals surface area contributed by atoms with Crippen molar-refractivity contribution in [2.75, 3.05) is 0 Å². The zero-order chi connectivity index (χ0) is 103. The number of aliphatic hydroxyl groups is 5. The quantitative estimate of drug-likeness (QED) is 0.0279. The van der Waals surface area contributed by atoms with E-state index >= 15 is 0 Å². The molecule has 10 heterocycles. The smallest absolute Gasteiger partial charge is 0.454 e. The first-order chi connectivity index (χ1) is 69.4. The molecule has 5 N–H and O–H groups in total. The zero-order valence-corrected chi connectivity index (χ0v) is 94.9. The number of aromatic nitrogens is 9. The number of pyridine rings is 9. The predicted molar refractivity (Wildman–Crippen MR) is 562 cm³/mol. The second kappa shape index (κ2) is 65.8. The van der Waals surface area contributed by atoms with Crippen molar-refractivity contribution in [3.63, 3.8) is 0 Å². The summed E-state index contributed by atoms with van der Waals surface area (Å²) in [4.78, 5) is 90.6. The molecule has 0 fully saturated rings. The minimum Gasteiger partial charge on any atom is -0.512 e. The predicted octanol–water partition coefficient (Wildman–Crippen LogP) is 29.2. The van der Waals surface area contributed by atoms with Crippen molar-refractivity contribution in [1.29, 1.82) is 0 Å². The molecule has 0 aliphatic rings. The minimum atomic E-state index is -4.96. The Balaban J connectivity index is 0.000000292. The summed E-state index contributed by atoms with van der Waals surface area (Å²) in [6.45, 7) is 8.54. The third-order valence-electron chi connectivity index (χ3n) is 20.1. The van der Waals surface area contributed by atoms with Crippen LogP contribution in [-0.4, -0.2) is 112 Å². The standard InChI is InChI=1S/C19H12N.2C15H10N.3C12H8N2.C10H7F3O2.C8H5F3O2S.3C5H8O2.Dy.Eu.3Ir.Tb/c1-2-7-16-13-17(10-9-14(16)5-1)19-18-8-4-3-6-15(18)11-12-20-19;1-2-8-13-12(6-1)7-5-9-14(13)15-10-3-4-11-16-15;1-2-7-13(8-3-1)15-14-9-5-4-6-12(14)10-11-16-15;3*1-3-9-5-6-10-4-2-8-14-12(10)11(9)13-7-1;11-10(12,13)9(15)6-8(14)7-4-2-1-3-5-7;9-8(10,11)7(13)4-5(12)6-2-1-3-14-6;3*1-4(6)3-5(2)7;;;;;;/h1-9,11-13H;1-8,10-11H;1-7,9-11H;3*1-8H;1-6,14H;1-4,12H;3*3,6H,1-2H3;;;;;;/q3*-1;;;;;;;;;;;;;;. The van der Waals surface area contributed by atoms with Crippen LogP contribution in [0.15, 0.2) is 436 Å². The molecule has 21 aromatic rings. The molecule has 10 aromatic heterocycles. The number of halogens is 6. The number of rotatable bonds is 10. The van der Waals surface area contributed by atoms with Gasteiger partial charge in [-0.15, -0.1) is 106 Å². The number of carbonyl (C=O) groups excluding carboxylic acids is 5. The molecule has 0 saturated heterocycles.